The van der Waals surface area contributed by atoms with Crippen LogP contribution in [0, 0.1) is 0 Å². The van der Waals surface area contributed by atoms with E-state index in [0.717, 1.165) is 106 Å². The van der Waals surface area contributed by atoms with Crippen molar-refractivity contribution in [3.05, 3.63) is 71.4 Å². The van der Waals surface area contributed by atoms with Crippen molar-refractivity contribution < 1.29 is 9.53 Å². The molecule has 42 heavy (non-hydrogen) atoms. The first-order valence-corrected chi connectivity index (χ1v) is 15.1. The zero-order chi connectivity index (χ0) is 28.5. The summed E-state index contributed by atoms with van der Waals surface area (Å²) in [5.74, 6) is 2.81. The van der Waals surface area contributed by atoms with Crippen LogP contribution in [0.1, 0.15) is 29.7 Å². The summed E-state index contributed by atoms with van der Waals surface area (Å²) in [5, 5.41) is 6.11. The molecular formula is C32H38N8O2. The number of anilines is 2. The van der Waals surface area contributed by atoms with Crippen LogP contribution >= 0.6 is 0 Å². The normalized spacial score (nSPS) is 17.3. The van der Waals surface area contributed by atoms with E-state index in [-0.39, 0.29) is 5.91 Å². The Morgan fingerprint density at radius 1 is 0.833 bits per heavy atom. The maximum absolute atomic E-state index is 12.7. The smallest absolute Gasteiger partial charge is 0.236 e. The number of hydrogen-bond acceptors (Lipinski definition) is 8. The van der Waals surface area contributed by atoms with E-state index >= 15 is 0 Å². The van der Waals surface area contributed by atoms with Gasteiger partial charge < -0.3 is 19.4 Å². The summed E-state index contributed by atoms with van der Waals surface area (Å²) in [4.78, 5) is 32.0. The summed E-state index contributed by atoms with van der Waals surface area (Å²) in [6.07, 6.45) is 3.10. The van der Waals surface area contributed by atoms with Crippen LogP contribution in [0.5, 0.6) is 5.75 Å². The quantitative estimate of drug-likeness (QED) is 0.322. The predicted octanol–water partition coefficient (Wildman–Crippen LogP) is 3.19. The maximum atomic E-state index is 12.7. The molecular weight excluding hydrogens is 528 g/mol. The fourth-order valence-corrected chi connectivity index (χ4v) is 6.34. The lowest BCUT2D eigenvalue weighted by Gasteiger charge is -2.35. The summed E-state index contributed by atoms with van der Waals surface area (Å²) in [6.45, 7) is 7.79. The van der Waals surface area contributed by atoms with Crippen LogP contribution in [0.2, 0.25) is 0 Å². The minimum Gasteiger partial charge on any atom is -0.497 e. The molecule has 5 heterocycles. The van der Waals surface area contributed by atoms with Gasteiger partial charge in [0.25, 0.3) is 0 Å². The summed E-state index contributed by atoms with van der Waals surface area (Å²) >= 11 is 0. The molecule has 0 atom stereocenters. The lowest BCUT2D eigenvalue weighted by molar-refractivity contribution is -0.131. The van der Waals surface area contributed by atoms with Crippen LogP contribution in [-0.2, 0) is 24.3 Å². The Kier molecular flexibility index (Phi) is 7.37. The first-order chi connectivity index (χ1) is 20.6. The topological polar surface area (TPSA) is 82.9 Å². The molecule has 2 saturated heterocycles. The van der Waals surface area contributed by atoms with Crippen LogP contribution < -0.4 is 14.5 Å². The number of piperazine rings is 1. The lowest BCUT2D eigenvalue weighted by Crippen LogP contribution is -2.50. The van der Waals surface area contributed by atoms with Gasteiger partial charge in [-0.2, -0.15) is 15.1 Å². The Morgan fingerprint density at radius 2 is 1.57 bits per heavy atom. The second-order valence-electron chi connectivity index (χ2n) is 11.5. The van der Waals surface area contributed by atoms with Gasteiger partial charge in [-0.15, -0.1) is 0 Å². The van der Waals surface area contributed by atoms with Crippen molar-refractivity contribution in [1.82, 2.24) is 29.5 Å². The van der Waals surface area contributed by atoms with Gasteiger partial charge in [-0.3, -0.25) is 9.69 Å². The minimum atomic E-state index is 0.259. The number of aromatic nitrogens is 4. The Morgan fingerprint density at radius 3 is 2.31 bits per heavy atom. The molecule has 0 N–H and O–H groups in total. The third kappa shape index (κ3) is 5.38. The first kappa shape index (κ1) is 26.7. The van der Waals surface area contributed by atoms with Gasteiger partial charge in [-0.25, -0.2) is 4.68 Å². The van der Waals surface area contributed by atoms with Crippen molar-refractivity contribution in [2.75, 3.05) is 69.3 Å². The first-order valence-electron chi connectivity index (χ1n) is 15.1. The lowest BCUT2D eigenvalue weighted by atomic mass is 10.1. The van der Waals surface area contributed by atoms with Gasteiger partial charge in [0.05, 0.1) is 31.3 Å². The molecule has 2 aromatic heterocycles. The van der Waals surface area contributed by atoms with Crippen molar-refractivity contribution in [3.63, 3.8) is 0 Å². The number of likely N-dealkylation sites (tertiary alicyclic amines) is 1. The Balaban J connectivity index is 1.17. The van der Waals surface area contributed by atoms with E-state index in [1.54, 1.807) is 7.11 Å². The van der Waals surface area contributed by atoms with Gasteiger partial charge in [0.2, 0.25) is 11.9 Å². The number of methoxy groups -OCH3 is 1. The molecule has 0 saturated carbocycles. The molecule has 0 unspecified atom stereocenters. The number of nitrogens with zero attached hydrogens (tertiary/aromatic N) is 8. The standard InChI is InChI=1S/C32H38N8O2/c1-42-26-11-9-25(10-12-26)21-39-16-13-27-29-30(39)33-32(34-31(29)40(35-27)22-24-7-3-2-4-8-24)38-19-17-36(18-20-38)23-28(41)37-14-5-6-15-37/h2-4,7-12H,5-6,13-23H2,1H3. The molecule has 2 aromatic carbocycles. The van der Waals surface area contributed by atoms with Crippen molar-refractivity contribution in [1.29, 1.82) is 0 Å². The molecule has 3 aliphatic rings. The number of amides is 1. The van der Waals surface area contributed by atoms with E-state index in [1.165, 1.54) is 11.1 Å². The Labute approximate surface area is 246 Å². The molecule has 0 spiro atoms. The molecule has 10 heteroatoms. The molecule has 3 aliphatic heterocycles. The van der Waals surface area contributed by atoms with Crippen molar-refractivity contribution in [3.8, 4) is 5.75 Å². The fourth-order valence-electron chi connectivity index (χ4n) is 6.34. The number of carbonyl (C=O) groups is 1. The maximum Gasteiger partial charge on any atom is 0.236 e. The van der Waals surface area contributed by atoms with Crippen LogP contribution in [0.4, 0.5) is 11.8 Å². The zero-order valence-electron chi connectivity index (χ0n) is 24.3. The third-order valence-corrected chi connectivity index (χ3v) is 8.73. The van der Waals surface area contributed by atoms with E-state index in [2.05, 4.69) is 55.8 Å². The molecule has 1 amide bonds. The molecule has 218 valence electrons. The van der Waals surface area contributed by atoms with Crippen molar-refractivity contribution in [2.45, 2.75) is 32.4 Å². The van der Waals surface area contributed by atoms with Gasteiger partial charge in [0.1, 0.15) is 11.6 Å². The number of ether oxygens (including phenoxy) is 1. The molecule has 4 aromatic rings. The van der Waals surface area contributed by atoms with Gasteiger partial charge >= 0.3 is 0 Å². The van der Waals surface area contributed by atoms with Crippen LogP contribution in [0.3, 0.4) is 0 Å². The molecule has 0 bridgehead atoms. The molecule has 0 radical (unpaired) electrons. The molecule has 7 rings (SSSR count). The Hall–Kier alpha value is -4.18. The van der Waals surface area contributed by atoms with E-state index in [9.17, 15) is 4.79 Å². The van der Waals surface area contributed by atoms with E-state index < -0.39 is 0 Å². The van der Waals surface area contributed by atoms with Gasteiger partial charge in [0.15, 0.2) is 5.65 Å². The summed E-state index contributed by atoms with van der Waals surface area (Å²) < 4.78 is 7.42. The van der Waals surface area contributed by atoms with Crippen LogP contribution in [0.25, 0.3) is 11.0 Å². The fraction of sp³-hybridized carbons (Fsp3) is 0.438. The second-order valence-corrected chi connectivity index (χ2v) is 11.5. The highest BCUT2D eigenvalue weighted by atomic mass is 16.5. The highest BCUT2D eigenvalue weighted by molar-refractivity contribution is 5.92. The average molecular weight is 567 g/mol. The highest BCUT2D eigenvalue weighted by Crippen LogP contribution is 2.35. The summed E-state index contributed by atoms with van der Waals surface area (Å²) in [7, 11) is 1.69. The van der Waals surface area contributed by atoms with Gasteiger partial charge in [-0.1, -0.05) is 42.5 Å². The third-order valence-electron chi connectivity index (χ3n) is 8.73. The Bertz CT molecular complexity index is 1540. The van der Waals surface area contributed by atoms with Crippen molar-refractivity contribution in [2.24, 2.45) is 0 Å². The van der Waals surface area contributed by atoms with Crippen LogP contribution in [-0.4, -0.2) is 94.9 Å². The highest BCUT2D eigenvalue weighted by Gasteiger charge is 2.30. The molecule has 10 nitrogen and oxygen atoms in total. The van der Waals surface area contributed by atoms with E-state index in [0.29, 0.717) is 13.1 Å². The van der Waals surface area contributed by atoms with Crippen LogP contribution in [0.15, 0.2) is 54.6 Å². The predicted molar refractivity (Wildman–Crippen MR) is 163 cm³/mol. The number of benzene rings is 2. The number of rotatable bonds is 8. The molecule has 0 aliphatic carbocycles. The van der Waals surface area contributed by atoms with Gasteiger partial charge in [0, 0.05) is 58.8 Å². The second kappa shape index (κ2) is 11.6. The monoisotopic (exact) mass is 566 g/mol. The average Bonchev–Trinajstić information content (AvgIpc) is 3.69. The number of carbonyl (C=O) groups excluding carboxylic acids is 1. The summed E-state index contributed by atoms with van der Waals surface area (Å²) in [6, 6.07) is 18.7. The largest absolute Gasteiger partial charge is 0.497 e. The van der Waals surface area contributed by atoms with Crippen molar-refractivity contribution >= 4 is 28.7 Å². The van der Waals surface area contributed by atoms with Gasteiger partial charge in [-0.05, 0) is 36.1 Å². The minimum absolute atomic E-state index is 0.259. The summed E-state index contributed by atoms with van der Waals surface area (Å²) in [5.41, 5.74) is 4.36. The number of hydrogen-bond donors (Lipinski definition) is 0. The van der Waals surface area contributed by atoms with E-state index in [4.69, 9.17) is 19.8 Å². The SMILES string of the molecule is COc1ccc(CN2CCc3nn(Cc4ccccc4)c4nc(N5CCN(CC(=O)N6CCCC6)CC5)nc2c34)cc1. The zero-order valence-corrected chi connectivity index (χ0v) is 24.3. The van der Waals surface area contributed by atoms with E-state index in [1.807, 2.05) is 23.1 Å². The molecule has 2 fully saturated rings.